The molecule has 0 radical (unpaired) electrons. The van der Waals surface area contributed by atoms with Crippen LogP contribution in [0.25, 0.3) is 0 Å². The Hall–Kier alpha value is -1.96. The predicted octanol–water partition coefficient (Wildman–Crippen LogP) is 3.05. The van der Waals surface area contributed by atoms with Crippen LogP contribution < -0.4 is 10.6 Å². The molecule has 0 saturated heterocycles. The first kappa shape index (κ1) is 17.4. The summed E-state index contributed by atoms with van der Waals surface area (Å²) in [6, 6.07) is 14.4. The highest BCUT2D eigenvalue weighted by atomic mass is 32.2. The molecule has 23 heavy (non-hydrogen) atoms. The van der Waals surface area contributed by atoms with Crippen molar-refractivity contribution < 1.29 is 8.42 Å². The average molecular weight is 349 g/mol. The molecule has 0 atom stereocenters. The highest BCUT2D eigenvalue weighted by molar-refractivity contribution is 7.89. The van der Waals surface area contributed by atoms with Gasteiger partial charge in [0.25, 0.3) is 0 Å². The lowest BCUT2D eigenvalue weighted by atomic mass is 10.2. The van der Waals surface area contributed by atoms with Crippen molar-refractivity contribution >= 4 is 38.7 Å². The summed E-state index contributed by atoms with van der Waals surface area (Å²) in [7, 11) is -0.471. The molecule has 0 saturated carbocycles. The minimum Gasteiger partial charge on any atom is -0.332 e. The monoisotopic (exact) mass is 349 g/mol. The Bertz CT molecular complexity index is 818. The van der Waals surface area contributed by atoms with Gasteiger partial charge in [0, 0.05) is 25.5 Å². The van der Waals surface area contributed by atoms with Crippen LogP contribution in [0.1, 0.15) is 5.56 Å². The molecule has 0 aromatic heterocycles. The van der Waals surface area contributed by atoms with Crippen molar-refractivity contribution in [3.63, 3.8) is 0 Å². The summed E-state index contributed by atoms with van der Waals surface area (Å²) in [4.78, 5) is 0.214. The fourth-order valence-electron chi connectivity index (χ4n) is 1.96. The van der Waals surface area contributed by atoms with Crippen LogP contribution in [0.15, 0.2) is 53.4 Å². The van der Waals surface area contributed by atoms with Crippen LogP contribution in [-0.4, -0.2) is 31.9 Å². The smallest absolute Gasteiger partial charge is 0.242 e. The van der Waals surface area contributed by atoms with Gasteiger partial charge in [-0.25, -0.2) is 12.7 Å². The normalized spacial score (nSPS) is 11.3. The number of nitrogens with one attached hydrogen (secondary N) is 2. The summed E-state index contributed by atoms with van der Waals surface area (Å²) in [5.74, 6) is 0. The SMILES string of the molecule is Cc1cccc(NC(=S)Nc2cccc(S(=O)(=O)N(C)C)c2)c1. The topological polar surface area (TPSA) is 61.4 Å². The molecule has 0 aliphatic heterocycles. The van der Waals surface area contributed by atoms with Gasteiger partial charge in [0.15, 0.2) is 5.11 Å². The molecule has 0 aliphatic carbocycles. The Morgan fingerprint density at radius 1 is 1.00 bits per heavy atom. The zero-order valence-corrected chi connectivity index (χ0v) is 14.8. The lowest BCUT2D eigenvalue weighted by molar-refractivity contribution is 0.521. The standard InChI is InChI=1S/C16H19N3O2S2/c1-12-6-4-7-13(10-12)17-16(22)18-14-8-5-9-15(11-14)23(20,21)19(2)3/h4-11H,1-3H3,(H2,17,18,22). The molecule has 2 N–H and O–H groups in total. The lowest BCUT2D eigenvalue weighted by Crippen LogP contribution is -2.23. The van der Waals surface area contributed by atoms with Crippen molar-refractivity contribution in [3.8, 4) is 0 Å². The second-order valence-electron chi connectivity index (χ2n) is 5.26. The first-order valence-corrected chi connectivity index (χ1v) is 8.81. The van der Waals surface area contributed by atoms with Gasteiger partial charge in [-0.15, -0.1) is 0 Å². The molecular formula is C16H19N3O2S2. The minimum absolute atomic E-state index is 0.214. The van der Waals surface area contributed by atoms with Crippen molar-refractivity contribution in [2.24, 2.45) is 0 Å². The van der Waals surface area contributed by atoms with Crippen LogP contribution in [0.4, 0.5) is 11.4 Å². The Morgan fingerprint density at radius 2 is 1.57 bits per heavy atom. The van der Waals surface area contributed by atoms with Crippen LogP contribution in [0.2, 0.25) is 0 Å². The maximum Gasteiger partial charge on any atom is 0.242 e. The zero-order valence-electron chi connectivity index (χ0n) is 13.2. The Kier molecular flexibility index (Phi) is 5.35. The molecule has 0 amide bonds. The second kappa shape index (κ2) is 7.08. The fraction of sp³-hybridized carbons (Fsp3) is 0.188. The number of thiocarbonyl (C=S) groups is 1. The van der Waals surface area contributed by atoms with E-state index in [1.165, 1.54) is 18.4 Å². The molecular weight excluding hydrogens is 330 g/mol. The lowest BCUT2D eigenvalue weighted by Gasteiger charge is -2.14. The molecule has 0 spiro atoms. The van der Waals surface area contributed by atoms with E-state index < -0.39 is 10.0 Å². The van der Waals surface area contributed by atoms with Crippen molar-refractivity contribution in [2.75, 3.05) is 24.7 Å². The molecule has 7 heteroatoms. The Labute approximate surface area is 142 Å². The van der Waals surface area contributed by atoms with Gasteiger partial charge in [0.1, 0.15) is 0 Å². The third kappa shape index (κ3) is 4.51. The summed E-state index contributed by atoms with van der Waals surface area (Å²) < 4.78 is 25.5. The number of hydrogen-bond donors (Lipinski definition) is 2. The van der Waals surface area contributed by atoms with E-state index in [9.17, 15) is 8.42 Å². The van der Waals surface area contributed by atoms with E-state index in [-0.39, 0.29) is 4.90 Å². The van der Waals surface area contributed by atoms with Gasteiger partial charge < -0.3 is 10.6 Å². The number of rotatable bonds is 4. The van der Waals surface area contributed by atoms with E-state index in [1.54, 1.807) is 24.3 Å². The first-order chi connectivity index (χ1) is 10.8. The van der Waals surface area contributed by atoms with Crippen molar-refractivity contribution in [3.05, 3.63) is 54.1 Å². The van der Waals surface area contributed by atoms with Gasteiger partial charge in [-0.1, -0.05) is 18.2 Å². The Balaban J connectivity index is 2.13. The van der Waals surface area contributed by atoms with E-state index in [2.05, 4.69) is 10.6 Å². The zero-order chi connectivity index (χ0) is 17.0. The summed E-state index contributed by atoms with van der Waals surface area (Å²) in [6.45, 7) is 2.00. The molecule has 2 aromatic carbocycles. The van der Waals surface area contributed by atoms with Crippen LogP contribution in [0.5, 0.6) is 0 Å². The second-order valence-corrected chi connectivity index (χ2v) is 7.82. The highest BCUT2D eigenvalue weighted by Crippen LogP contribution is 2.18. The van der Waals surface area contributed by atoms with Gasteiger partial charge in [0.2, 0.25) is 10.0 Å². The minimum atomic E-state index is -3.47. The molecule has 122 valence electrons. The molecule has 5 nitrogen and oxygen atoms in total. The molecule has 2 aromatic rings. The van der Waals surface area contributed by atoms with Crippen LogP contribution in [-0.2, 0) is 10.0 Å². The van der Waals surface area contributed by atoms with E-state index >= 15 is 0 Å². The van der Waals surface area contributed by atoms with Crippen LogP contribution >= 0.6 is 12.2 Å². The van der Waals surface area contributed by atoms with Gasteiger partial charge in [-0.05, 0) is 55.0 Å². The molecule has 2 rings (SSSR count). The number of nitrogens with zero attached hydrogens (tertiary/aromatic N) is 1. The third-order valence-corrected chi connectivity index (χ3v) is 5.16. The van der Waals surface area contributed by atoms with E-state index in [4.69, 9.17) is 12.2 Å². The summed E-state index contributed by atoms with van der Waals surface area (Å²) >= 11 is 5.27. The average Bonchev–Trinajstić information content (AvgIpc) is 2.47. The van der Waals surface area contributed by atoms with Crippen molar-refractivity contribution in [1.82, 2.24) is 4.31 Å². The maximum absolute atomic E-state index is 12.1. The van der Waals surface area contributed by atoms with Crippen molar-refractivity contribution in [1.29, 1.82) is 0 Å². The number of hydrogen-bond acceptors (Lipinski definition) is 3. The van der Waals surface area contributed by atoms with Crippen LogP contribution in [0.3, 0.4) is 0 Å². The summed E-state index contributed by atoms with van der Waals surface area (Å²) in [5.41, 5.74) is 2.61. The Morgan fingerprint density at radius 3 is 2.13 bits per heavy atom. The van der Waals surface area contributed by atoms with Gasteiger partial charge in [-0.2, -0.15) is 0 Å². The van der Waals surface area contributed by atoms with E-state index in [1.807, 2.05) is 31.2 Å². The quantitative estimate of drug-likeness (QED) is 0.831. The largest absolute Gasteiger partial charge is 0.332 e. The van der Waals surface area contributed by atoms with E-state index in [0.717, 1.165) is 11.3 Å². The third-order valence-electron chi connectivity index (χ3n) is 3.15. The van der Waals surface area contributed by atoms with E-state index in [0.29, 0.717) is 10.8 Å². The fourth-order valence-corrected chi connectivity index (χ4v) is 3.15. The maximum atomic E-state index is 12.1. The van der Waals surface area contributed by atoms with Gasteiger partial charge in [-0.3, -0.25) is 0 Å². The highest BCUT2D eigenvalue weighted by Gasteiger charge is 2.17. The number of benzene rings is 2. The summed E-state index contributed by atoms with van der Waals surface area (Å²) in [6.07, 6.45) is 0. The van der Waals surface area contributed by atoms with Gasteiger partial charge in [0.05, 0.1) is 4.90 Å². The van der Waals surface area contributed by atoms with Crippen molar-refractivity contribution in [2.45, 2.75) is 11.8 Å². The molecule has 0 aliphatic rings. The molecule has 0 unspecified atom stereocenters. The molecule has 0 fully saturated rings. The molecule has 0 heterocycles. The van der Waals surface area contributed by atoms with Crippen LogP contribution in [0, 0.1) is 6.92 Å². The number of sulfonamides is 1. The predicted molar refractivity (Wildman–Crippen MR) is 98.3 cm³/mol. The van der Waals surface area contributed by atoms with Gasteiger partial charge >= 0.3 is 0 Å². The molecule has 0 bridgehead atoms. The summed E-state index contributed by atoms with van der Waals surface area (Å²) in [5, 5.41) is 6.47. The number of aryl methyl sites for hydroxylation is 1. The first-order valence-electron chi connectivity index (χ1n) is 6.96. The number of anilines is 2.